The van der Waals surface area contributed by atoms with Crippen molar-refractivity contribution in [1.82, 2.24) is 4.98 Å². The first-order valence-electron chi connectivity index (χ1n) is 6.67. The Labute approximate surface area is 122 Å². The number of nitro benzene ring substituents is 1. The van der Waals surface area contributed by atoms with Crippen molar-refractivity contribution in [3.8, 4) is 5.75 Å². The van der Waals surface area contributed by atoms with Crippen LogP contribution in [0.2, 0.25) is 0 Å². The lowest BCUT2D eigenvalue weighted by Gasteiger charge is -2.10. The van der Waals surface area contributed by atoms with Crippen molar-refractivity contribution in [2.45, 2.75) is 20.5 Å². The third kappa shape index (κ3) is 3.68. The minimum Gasteiger partial charge on any atom is -0.480 e. The van der Waals surface area contributed by atoms with Crippen LogP contribution in [0.1, 0.15) is 18.2 Å². The van der Waals surface area contributed by atoms with Gasteiger partial charge in [-0.2, -0.15) is 0 Å². The Bertz CT molecular complexity index is 644. The maximum absolute atomic E-state index is 11.0. The van der Waals surface area contributed by atoms with E-state index in [0.29, 0.717) is 5.69 Å². The van der Waals surface area contributed by atoms with E-state index in [0.717, 1.165) is 17.8 Å². The number of aryl methyl sites for hydroxylation is 1. The number of aromatic nitrogens is 1. The molecule has 0 bridgehead atoms. The summed E-state index contributed by atoms with van der Waals surface area (Å²) in [5, 5.41) is 14.2. The van der Waals surface area contributed by atoms with Crippen LogP contribution >= 0.6 is 0 Å². The molecule has 6 heteroatoms. The quantitative estimate of drug-likeness (QED) is 0.651. The molecule has 0 amide bonds. The van der Waals surface area contributed by atoms with Gasteiger partial charge in [0.15, 0.2) is 5.75 Å². The summed E-state index contributed by atoms with van der Waals surface area (Å²) in [5.74, 6) is 0.290. The molecular formula is C15H17N3O3. The molecule has 2 rings (SSSR count). The van der Waals surface area contributed by atoms with Gasteiger partial charge >= 0.3 is 5.69 Å². The number of nitrogens with one attached hydrogen (secondary N) is 1. The fourth-order valence-electron chi connectivity index (χ4n) is 1.99. The molecule has 1 heterocycles. The summed E-state index contributed by atoms with van der Waals surface area (Å²) in [7, 11) is 0. The molecule has 6 nitrogen and oxygen atoms in total. The molecule has 110 valence electrons. The molecule has 1 N–H and O–H groups in total. The summed E-state index contributed by atoms with van der Waals surface area (Å²) in [6.45, 7) is 4.79. The summed E-state index contributed by atoms with van der Waals surface area (Å²) >= 11 is 0. The fraction of sp³-hybridized carbons (Fsp3) is 0.267. The average molecular weight is 287 g/mol. The van der Waals surface area contributed by atoms with Crippen LogP contribution in [-0.2, 0) is 6.61 Å². The highest BCUT2D eigenvalue weighted by atomic mass is 16.6. The van der Waals surface area contributed by atoms with Gasteiger partial charge in [0.2, 0.25) is 0 Å². The molecule has 0 aliphatic heterocycles. The number of hydrogen-bond acceptors (Lipinski definition) is 5. The number of para-hydroxylation sites is 1. The van der Waals surface area contributed by atoms with E-state index in [4.69, 9.17) is 4.74 Å². The highest BCUT2D eigenvalue weighted by Crippen LogP contribution is 2.30. The van der Waals surface area contributed by atoms with Gasteiger partial charge in [-0.25, -0.2) is 0 Å². The van der Waals surface area contributed by atoms with E-state index in [2.05, 4.69) is 10.3 Å². The lowest BCUT2D eigenvalue weighted by Crippen LogP contribution is -2.04. The minimum atomic E-state index is -0.440. The van der Waals surface area contributed by atoms with Gasteiger partial charge in [0.1, 0.15) is 6.61 Å². The third-order valence-electron chi connectivity index (χ3n) is 2.95. The van der Waals surface area contributed by atoms with Gasteiger partial charge in [-0.05, 0) is 31.5 Å². The van der Waals surface area contributed by atoms with Crippen molar-refractivity contribution in [3.05, 3.63) is 57.9 Å². The molecule has 0 aliphatic rings. The Morgan fingerprint density at radius 2 is 2.19 bits per heavy atom. The van der Waals surface area contributed by atoms with E-state index in [1.54, 1.807) is 25.3 Å². The molecule has 2 aromatic rings. The van der Waals surface area contributed by atoms with Crippen molar-refractivity contribution >= 4 is 11.4 Å². The predicted octanol–water partition coefficient (Wildman–Crippen LogP) is 3.31. The standard InChI is InChI=1S/C15H17N3O3/c1-3-16-12-7-8-17-13(9-12)10-21-15-11(2)5-4-6-14(15)18(19)20/h4-9H,3,10H2,1-2H3,(H,16,17). The summed E-state index contributed by atoms with van der Waals surface area (Å²) in [4.78, 5) is 14.8. The van der Waals surface area contributed by atoms with E-state index in [1.165, 1.54) is 6.07 Å². The largest absolute Gasteiger partial charge is 0.480 e. The van der Waals surface area contributed by atoms with E-state index >= 15 is 0 Å². The minimum absolute atomic E-state index is 0.0298. The number of nitrogens with zero attached hydrogens (tertiary/aromatic N) is 2. The lowest BCUT2D eigenvalue weighted by molar-refractivity contribution is -0.386. The third-order valence-corrected chi connectivity index (χ3v) is 2.95. The van der Waals surface area contributed by atoms with Crippen LogP contribution in [0.5, 0.6) is 5.75 Å². The Morgan fingerprint density at radius 3 is 2.90 bits per heavy atom. The first kappa shape index (κ1) is 14.8. The van der Waals surface area contributed by atoms with Gasteiger partial charge in [-0.15, -0.1) is 0 Å². The Hall–Kier alpha value is -2.63. The van der Waals surface area contributed by atoms with Gasteiger partial charge in [-0.1, -0.05) is 12.1 Å². The van der Waals surface area contributed by atoms with E-state index < -0.39 is 4.92 Å². The fourth-order valence-corrected chi connectivity index (χ4v) is 1.99. The van der Waals surface area contributed by atoms with E-state index in [-0.39, 0.29) is 18.0 Å². The second-order valence-corrected chi connectivity index (χ2v) is 4.54. The zero-order chi connectivity index (χ0) is 15.2. The maximum atomic E-state index is 11.0. The molecule has 0 unspecified atom stereocenters. The second-order valence-electron chi connectivity index (χ2n) is 4.54. The summed E-state index contributed by atoms with van der Waals surface area (Å²) < 4.78 is 5.62. The molecule has 0 saturated heterocycles. The zero-order valence-electron chi connectivity index (χ0n) is 12.0. The van der Waals surface area contributed by atoms with Crippen LogP contribution < -0.4 is 10.1 Å². The number of pyridine rings is 1. The first-order valence-corrected chi connectivity index (χ1v) is 6.67. The smallest absolute Gasteiger partial charge is 0.311 e. The molecule has 0 saturated carbocycles. The van der Waals surface area contributed by atoms with Crippen molar-refractivity contribution in [2.75, 3.05) is 11.9 Å². The summed E-state index contributed by atoms with van der Waals surface area (Å²) in [6, 6.07) is 8.59. The molecule has 0 atom stereocenters. The van der Waals surface area contributed by atoms with E-state index in [9.17, 15) is 10.1 Å². The molecule has 21 heavy (non-hydrogen) atoms. The maximum Gasteiger partial charge on any atom is 0.311 e. The second kappa shape index (κ2) is 6.69. The van der Waals surface area contributed by atoms with Crippen molar-refractivity contribution in [2.24, 2.45) is 0 Å². The molecular weight excluding hydrogens is 270 g/mol. The topological polar surface area (TPSA) is 77.3 Å². The molecule has 1 aromatic heterocycles. The van der Waals surface area contributed by atoms with Crippen LogP contribution in [0, 0.1) is 17.0 Å². The number of anilines is 1. The van der Waals surface area contributed by atoms with Crippen LogP contribution in [0.25, 0.3) is 0 Å². The monoisotopic (exact) mass is 287 g/mol. The lowest BCUT2D eigenvalue weighted by atomic mass is 10.2. The van der Waals surface area contributed by atoms with E-state index in [1.807, 2.05) is 19.1 Å². The van der Waals surface area contributed by atoms with Crippen LogP contribution in [0.3, 0.4) is 0 Å². The van der Waals surface area contributed by atoms with Gasteiger partial charge in [0.05, 0.1) is 10.6 Å². The van der Waals surface area contributed by atoms with Gasteiger partial charge < -0.3 is 10.1 Å². The molecule has 0 radical (unpaired) electrons. The molecule has 1 aromatic carbocycles. The Balaban J connectivity index is 2.16. The molecule has 0 spiro atoms. The molecule has 0 aliphatic carbocycles. The van der Waals surface area contributed by atoms with Crippen LogP contribution in [0.4, 0.5) is 11.4 Å². The summed E-state index contributed by atoms with van der Waals surface area (Å²) in [5.41, 5.74) is 2.36. The predicted molar refractivity (Wildman–Crippen MR) is 80.6 cm³/mol. The highest BCUT2D eigenvalue weighted by Gasteiger charge is 2.17. The number of rotatable bonds is 6. The van der Waals surface area contributed by atoms with Crippen LogP contribution in [0.15, 0.2) is 36.5 Å². The normalized spacial score (nSPS) is 10.2. The zero-order valence-corrected chi connectivity index (χ0v) is 12.0. The van der Waals surface area contributed by atoms with Crippen molar-refractivity contribution in [3.63, 3.8) is 0 Å². The highest BCUT2D eigenvalue weighted by molar-refractivity contribution is 5.51. The average Bonchev–Trinajstić information content (AvgIpc) is 2.46. The van der Waals surface area contributed by atoms with Gasteiger partial charge in [0.25, 0.3) is 0 Å². The van der Waals surface area contributed by atoms with Gasteiger partial charge in [0, 0.05) is 24.5 Å². The Morgan fingerprint density at radius 1 is 1.38 bits per heavy atom. The number of nitro groups is 1. The number of benzene rings is 1. The van der Waals surface area contributed by atoms with Crippen molar-refractivity contribution < 1.29 is 9.66 Å². The summed E-state index contributed by atoms with van der Waals surface area (Å²) in [6.07, 6.45) is 1.68. The van der Waals surface area contributed by atoms with Crippen molar-refractivity contribution in [1.29, 1.82) is 0 Å². The SMILES string of the molecule is CCNc1ccnc(COc2c(C)cccc2[N+](=O)[O-])c1. The first-order chi connectivity index (χ1) is 10.1. The number of ether oxygens (including phenoxy) is 1. The van der Waals surface area contributed by atoms with Crippen LogP contribution in [-0.4, -0.2) is 16.5 Å². The number of hydrogen-bond donors (Lipinski definition) is 1. The molecule has 0 fully saturated rings. The Kier molecular flexibility index (Phi) is 4.71. The van der Waals surface area contributed by atoms with Gasteiger partial charge in [-0.3, -0.25) is 15.1 Å².